The van der Waals surface area contributed by atoms with Gasteiger partial charge in [0.1, 0.15) is 23.9 Å². The first-order chi connectivity index (χ1) is 8.56. The van der Waals surface area contributed by atoms with E-state index in [1.165, 1.54) is 18.2 Å². The zero-order valence-corrected chi connectivity index (χ0v) is 10.2. The van der Waals surface area contributed by atoms with Crippen molar-refractivity contribution in [3.63, 3.8) is 0 Å². The normalized spacial score (nSPS) is 12.4. The lowest BCUT2D eigenvalue weighted by Crippen LogP contribution is -2.02. The van der Waals surface area contributed by atoms with Crippen LogP contribution in [0.4, 0.5) is 4.39 Å². The Morgan fingerprint density at radius 2 is 2.28 bits per heavy atom. The van der Waals surface area contributed by atoms with E-state index >= 15 is 0 Å². The number of halogens is 1. The predicted molar refractivity (Wildman–Crippen MR) is 62.4 cm³/mol. The number of aliphatic hydroxyl groups is 1. The molecule has 0 aliphatic rings. The number of ether oxygens (including phenoxy) is 1. The smallest absolute Gasteiger partial charge is 0.134 e. The summed E-state index contributed by atoms with van der Waals surface area (Å²) in [4.78, 5) is 0. The summed E-state index contributed by atoms with van der Waals surface area (Å²) < 4.78 is 20.2. The molecule has 0 saturated heterocycles. The van der Waals surface area contributed by atoms with E-state index in [0.29, 0.717) is 17.0 Å². The van der Waals surface area contributed by atoms with Crippen LogP contribution in [-0.4, -0.2) is 20.1 Å². The zero-order valence-electron chi connectivity index (χ0n) is 10.2. The fourth-order valence-corrected chi connectivity index (χ4v) is 1.59. The molecule has 6 heteroatoms. The first kappa shape index (κ1) is 12.5. The summed E-state index contributed by atoms with van der Waals surface area (Å²) in [5.41, 5.74) is 1.18. The molecule has 0 radical (unpaired) electrons. The number of hydrogen-bond donors (Lipinski definition) is 1. The molecule has 5 nitrogen and oxygen atoms in total. The Bertz CT molecular complexity index is 540. The number of aryl methyl sites for hydroxylation is 1. The van der Waals surface area contributed by atoms with Gasteiger partial charge in [-0.05, 0) is 19.1 Å². The number of benzene rings is 1. The third-order valence-electron chi connectivity index (χ3n) is 2.45. The molecule has 1 aromatic heterocycles. The molecular weight excluding hydrogens is 237 g/mol. The van der Waals surface area contributed by atoms with Gasteiger partial charge >= 0.3 is 0 Å². The van der Waals surface area contributed by atoms with E-state index < -0.39 is 11.9 Å². The van der Waals surface area contributed by atoms with E-state index in [4.69, 9.17) is 4.74 Å². The van der Waals surface area contributed by atoms with Crippen LogP contribution in [0.15, 0.2) is 24.4 Å². The predicted octanol–water partition coefficient (Wildman–Crippen LogP) is 1.59. The van der Waals surface area contributed by atoms with E-state index in [1.807, 2.05) is 0 Å². The molecule has 0 aliphatic carbocycles. The second kappa shape index (κ2) is 5.14. The largest absolute Gasteiger partial charge is 0.487 e. The van der Waals surface area contributed by atoms with Crippen LogP contribution in [0.25, 0.3) is 0 Å². The Hall–Kier alpha value is -1.95. The Morgan fingerprint density at radius 1 is 1.50 bits per heavy atom. The number of aromatic nitrogens is 3. The fraction of sp³-hybridized carbons (Fsp3) is 0.333. The van der Waals surface area contributed by atoms with Crippen LogP contribution >= 0.6 is 0 Å². The lowest BCUT2D eigenvalue weighted by atomic mass is 10.1. The minimum absolute atomic E-state index is 0.178. The molecule has 2 rings (SSSR count). The minimum Gasteiger partial charge on any atom is -0.487 e. The Balaban J connectivity index is 2.15. The van der Waals surface area contributed by atoms with Crippen molar-refractivity contribution in [2.24, 2.45) is 7.05 Å². The van der Waals surface area contributed by atoms with Gasteiger partial charge in [0, 0.05) is 18.7 Å². The second-order valence-corrected chi connectivity index (χ2v) is 4.03. The van der Waals surface area contributed by atoms with Crippen LogP contribution in [0, 0.1) is 5.82 Å². The molecule has 1 N–H and O–H groups in total. The maximum Gasteiger partial charge on any atom is 0.134 e. The second-order valence-electron chi connectivity index (χ2n) is 4.03. The van der Waals surface area contributed by atoms with Crippen LogP contribution in [0.2, 0.25) is 0 Å². The highest BCUT2D eigenvalue weighted by molar-refractivity contribution is 5.35. The van der Waals surface area contributed by atoms with E-state index in [1.54, 1.807) is 24.9 Å². The molecule has 1 atom stereocenters. The minimum atomic E-state index is -0.720. The summed E-state index contributed by atoms with van der Waals surface area (Å²) in [6.45, 7) is 1.78. The van der Waals surface area contributed by atoms with Crippen LogP contribution in [-0.2, 0) is 13.7 Å². The summed E-state index contributed by atoms with van der Waals surface area (Å²) in [5, 5.41) is 17.2. The first-order valence-electron chi connectivity index (χ1n) is 5.52. The van der Waals surface area contributed by atoms with Crippen molar-refractivity contribution in [3.05, 3.63) is 41.5 Å². The van der Waals surface area contributed by atoms with E-state index in [-0.39, 0.29) is 6.61 Å². The summed E-state index contributed by atoms with van der Waals surface area (Å²) in [6.07, 6.45) is 0.990. The molecule has 0 amide bonds. The summed E-state index contributed by atoms with van der Waals surface area (Å²) >= 11 is 0. The lowest BCUT2D eigenvalue weighted by molar-refractivity contribution is 0.189. The maximum absolute atomic E-state index is 13.1. The monoisotopic (exact) mass is 251 g/mol. The molecule has 0 fully saturated rings. The molecule has 0 bridgehead atoms. The van der Waals surface area contributed by atoms with Crippen molar-refractivity contribution in [1.82, 2.24) is 15.0 Å². The number of aliphatic hydroxyl groups excluding tert-OH is 1. The molecule has 2 aromatic rings. The van der Waals surface area contributed by atoms with Gasteiger partial charge in [-0.3, -0.25) is 4.68 Å². The molecule has 1 aromatic carbocycles. The maximum atomic E-state index is 13.1. The van der Waals surface area contributed by atoms with Gasteiger partial charge in [-0.2, -0.15) is 0 Å². The van der Waals surface area contributed by atoms with Crippen LogP contribution in [0.1, 0.15) is 24.3 Å². The van der Waals surface area contributed by atoms with E-state index in [0.717, 1.165) is 0 Å². The van der Waals surface area contributed by atoms with Crippen molar-refractivity contribution >= 4 is 0 Å². The molecular formula is C12H14FN3O2. The third kappa shape index (κ3) is 2.84. The Morgan fingerprint density at radius 3 is 2.89 bits per heavy atom. The van der Waals surface area contributed by atoms with Crippen LogP contribution in [0.5, 0.6) is 5.75 Å². The third-order valence-corrected chi connectivity index (χ3v) is 2.45. The van der Waals surface area contributed by atoms with Gasteiger partial charge in [-0.1, -0.05) is 5.21 Å². The molecule has 1 unspecified atom stereocenters. The standard InChI is InChI=1S/C12H14FN3O2/c1-8(17)11-4-3-9(13)5-12(11)18-7-10-6-16(2)15-14-10/h3-6,8,17H,7H2,1-2H3. The van der Waals surface area contributed by atoms with Gasteiger partial charge in [-0.25, -0.2) is 4.39 Å². The van der Waals surface area contributed by atoms with Gasteiger partial charge in [0.05, 0.1) is 12.3 Å². The number of nitrogens with zero attached hydrogens (tertiary/aromatic N) is 3. The average Bonchev–Trinajstić information content (AvgIpc) is 2.72. The van der Waals surface area contributed by atoms with Crippen molar-refractivity contribution in [2.45, 2.75) is 19.6 Å². The molecule has 96 valence electrons. The molecule has 18 heavy (non-hydrogen) atoms. The van der Waals surface area contributed by atoms with E-state index in [2.05, 4.69) is 10.3 Å². The number of rotatable bonds is 4. The van der Waals surface area contributed by atoms with Crippen molar-refractivity contribution in [1.29, 1.82) is 0 Å². The van der Waals surface area contributed by atoms with Crippen LogP contribution < -0.4 is 4.74 Å². The quantitative estimate of drug-likeness (QED) is 0.896. The highest BCUT2D eigenvalue weighted by Crippen LogP contribution is 2.26. The molecule has 0 saturated carbocycles. The van der Waals surface area contributed by atoms with Gasteiger partial charge < -0.3 is 9.84 Å². The van der Waals surface area contributed by atoms with Crippen LogP contribution in [0.3, 0.4) is 0 Å². The van der Waals surface area contributed by atoms with Crippen molar-refractivity contribution in [2.75, 3.05) is 0 Å². The fourth-order valence-electron chi connectivity index (χ4n) is 1.59. The molecule has 1 heterocycles. The molecule has 0 aliphatic heterocycles. The Kier molecular flexibility index (Phi) is 3.57. The van der Waals surface area contributed by atoms with E-state index in [9.17, 15) is 9.50 Å². The molecule has 0 spiro atoms. The summed E-state index contributed by atoms with van der Waals surface area (Å²) in [7, 11) is 1.75. The summed E-state index contributed by atoms with van der Waals surface area (Å²) in [5.74, 6) is -0.0933. The zero-order chi connectivity index (χ0) is 13.1. The van der Waals surface area contributed by atoms with Crippen molar-refractivity contribution in [3.8, 4) is 5.75 Å². The summed E-state index contributed by atoms with van der Waals surface area (Å²) in [6, 6.07) is 4.04. The highest BCUT2D eigenvalue weighted by atomic mass is 19.1. The van der Waals surface area contributed by atoms with Gasteiger partial charge in [0.25, 0.3) is 0 Å². The topological polar surface area (TPSA) is 60.2 Å². The number of hydrogen-bond acceptors (Lipinski definition) is 4. The first-order valence-corrected chi connectivity index (χ1v) is 5.52. The Labute approximate surface area is 104 Å². The van der Waals surface area contributed by atoms with Gasteiger partial charge in [-0.15, -0.1) is 5.10 Å². The SMILES string of the molecule is CC(O)c1ccc(F)cc1OCc1cn(C)nn1. The van der Waals surface area contributed by atoms with Gasteiger partial charge in [0.2, 0.25) is 0 Å². The average molecular weight is 251 g/mol. The lowest BCUT2D eigenvalue weighted by Gasteiger charge is -2.12. The highest BCUT2D eigenvalue weighted by Gasteiger charge is 2.11. The van der Waals surface area contributed by atoms with Gasteiger partial charge in [0.15, 0.2) is 0 Å². The van der Waals surface area contributed by atoms with Crippen molar-refractivity contribution < 1.29 is 14.2 Å².